The van der Waals surface area contributed by atoms with Crippen LogP contribution in [0.2, 0.25) is 0 Å². The van der Waals surface area contributed by atoms with Crippen LogP contribution in [-0.2, 0) is 9.53 Å². The lowest BCUT2D eigenvalue weighted by Crippen LogP contribution is -2.69. The van der Waals surface area contributed by atoms with Crippen LogP contribution in [0, 0.1) is 6.92 Å². The number of fused-ring (bicyclic) bond motifs is 1. The maximum absolute atomic E-state index is 12.5. The van der Waals surface area contributed by atoms with Gasteiger partial charge in [0.15, 0.2) is 12.3 Å². The number of amides is 2. The van der Waals surface area contributed by atoms with Gasteiger partial charge < -0.3 is 24.8 Å². The fraction of sp³-hybridized carbons (Fsp3) is 0.417. The van der Waals surface area contributed by atoms with E-state index in [1.807, 2.05) is 45.0 Å². The number of ether oxygens (including phenoxy) is 3. The molecular formula is C24H28N2O5. The maximum atomic E-state index is 12.5. The molecule has 2 aromatic rings. The Bertz CT molecular complexity index is 1000. The molecule has 0 radical (unpaired) electrons. The van der Waals surface area contributed by atoms with Crippen molar-refractivity contribution in [1.82, 2.24) is 10.6 Å². The topological polar surface area (TPSA) is 85.9 Å². The molecule has 2 amide bonds. The lowest BCUT2D eigenvalue weighted by Gasteiger charge is -2.49. The number of nitrogens with one attached hydrogen (secondary N) is 2. The molecule has 2 heterocycles. The Morgan fingerprint density at radius 2 is 1.94 bits per heavy atom. The second-order valence-corrected chi connectivity index (χ2v) is 8.92. The van der Waals surface area contributed by atoms with Gasteiger partial charge in [0.1, 0.15) is 11.5 Å². The first-order valence-corrected chi connectivity index (χ1v) is 10.4. The Morgan fingerprint density at radius 3 is 2.61 bits per heavy atom. The molecule has 1 spiro atoms. The molecule has 164 valence electrons. The molecule has 2 N–H and O–H groups in total. The van der Waals surface area contributed by atoms with E-state index >= 15 is 0 Å². The number of methoxy groups -OCH3 is 1. The lowest BCUT2D eigenvalue weighted by molar-refractivity contribution is -0.142. The molecular weight excluding hydrogens is 396 g/mol. The van der Waals surface area contributed by atoms with E-state index in [1.165, 1.54) is 7.11 Å². The highest BCUT2D eigenvalue weighted by Gasteiger charge is 2.50. The van der Waals surface area contributed by atoms with Gasteiger partial charge in [0.25, 0.3) is 0 Å². The number of rotatable bonds is 4. The summed E-state index contributed by atoms with van der Waals surface area (Å²) in [6.45, 7) is 5.80. The predicted octanol–water partition coefficient (Wildman–Crippen LogP) is 3.64. The van der Waals surface area contributed by atoms with E-state index in [1.54, 1.807) is 6.07 Å². The molecule has 1 fully saturated rings. The van der Waals surface area contributed by atoms with E-state index in [2.05, 4.69) is 27.5 Å². The highest BCUT2D eigenvalue weighted by atomic mass is 16.6. The molecule has 1 saturated heterocycles. The SMILES string of the molecule is COC(=O)COc1cc(C)c2c(c1)O[C@@]1(C[C@@H]2c2ccccc2)CC(C)(C)NC(=O)N1. The van der Waals surface area contributed by atoms with E-state index in [4.69, 9.17) is 9.47 Å². The van der Waals surface area contributed by atoms with Crippen LogP contribution < -0.4 is 20.1 Å². The van der Waals surface area contributed by atoms with Crippen LogP contribution in [0.25, 0.3) is 0 Å². The predicted molar refractivity (Wildman–Crippen MR) is 115 cm³/mol. The molecule has 4 rings (SSSR count). The highest BCUT2D eigenvalue weighted by Crippen LogP contribution is 2.49. The van der Waals surface area contributed by atoms with Crippen LogP contribution in [0.1, 0.15) is 49.3 Å². The van der Waals surface area contributed by atoms with Crippen LogP contribution in [0.5, 0.6) is 11.5 Å². The van der Waals surface area contributed by atoms with Crippen molar-refractivity contribution in [3.05, 3.63) is 59.2 Å². The summed E-state index contributed by atoms with van der Waals surface area (Å²) in [5.41, 5.74) is 1.94. The normalized spacial score (nSPS) is 23.7. The molecule has 7 nitrogen and oxygen atoms in total. The molecule has 7 heteroatoms. The van der Waals surface area contributed by atoms with Crippen molar-refractivity contribution >= 4 is 12.0 Å². The van der Waals surface area contributed by atoms with E-state index in [9.17, 15) is 9.59 Å². The van der Waals surface area contributed by atoms with Crippen molar-refractivity contribution in [3.63, 3.8) is 0 Å². The number of urea groups is 1. The monoisotopic (exact) mass is 424 g/mol. The maximum Gasteiger partial charge on any atom is 0.343 e. The Balaban J connectivity index is 1.78. The lowest BCUT2D eigenvalue weighted by atomic mass is 9.76. The van der Waals surface area contributed by atoms with Gasteiger partial charge in [-0.2, -0.15) is 0 Å². The van der Waals surface area contributed by atoms with Crippen molar-refractivity contribution in [2.24, 2.45) is 0 Å². The first-order chi connectivity index (χ1) is 14.7. The number of carbonyl (C=O) groups excluding carboxylic acids is 2. The minimum absolute atomic E-state index is 0.0359. The smallest absolute Gasteiger partial charge is 0.343 e. The first-order valence-electron chi connectivity index (χ1n) is 10.4. The molecule has 2 atom stereocenters. The summed E-state index contributed by atoms with van der Waals surface area (Å²) in [6.07, 6.45) is 1.21. The minimum Gasteiger partial charge on any atom is -0.482 e. The Labute approximate surface area is 182 Å². The van der Waals surface area contributed by atoms with E-state index in [-0.39, 0.29) is 18.6 Å². The number of benzene rings is 2. The molecule has 0 saturated carbocycles. The third-order valence-corrected chi connectivity index (χ3v) is 5.82. The number of esters is 1. The van der Waals surface area contributed by atoms with Crippen molar-refractivity contribution in [2.75, 3.05) is 13.7 Å². The summed E-state index contributed by atoms with van der Waals surface area (Å²) in [5, 5.41) is 6.00. The Kier molecular flexibility index (Phi) is 5.29. The Hall–Kier alpha value is -3.22. The van der Waals surface area contributed by atoms with Crippen molar-refractivity contribution in [3.8, 4) is 11.5 Å². The zero-order chi connectivity index (χ0) is 22.2. The van der Waals surface area contributed by atoms with Crippen molar-refractivity contribution in [1.29, 1.82) is 0 Å². The number of hydrogen-bond acceptors (Lipinski definition) is 5. The molecule has 0 aliphatic carbocycles. The van der Waals surface area contributed by atoms with Gasteiger partial charge in [0, 0.05) is 35.9 Å². The second-order valence-electron chi connectivity index (χ2n) is 8.92. The van der Waals surface area contributed by atoms with Crippen LogP contribution >= 0.6 is 0 Å². The van der Waals surface area contributed by atoms with Gasteiger partial charge in [-0.1, -0.05) is 30.3 Å². The number of hydrogen-bond donors (Lipinski definition) is 2. The fourth-order valence-corrected chi connectivity index (χ4v) is 4.74. The zero-order valence-corrected chi connectivity index (χ0v) is 18.3. The van der Waals surface area contributed by atoms with E-state index < -0.39 is 17.2 Å². The van der Waals surface area contributed by atoms with Crippen LogP contribution in [-0.4, -0.2) is 37.0 Å². The Morgan fingerprint density at radius 1 is 1.19 bits per heavy atom. The second kappa shape index (κ2) is 7.80. The summed E-state index contributed by atoms with van der Waals surface area (Å²) >= 11 is 0. The van der Waals surface area contributed by atoms with Gasteiger partial charge in [-0.25, -0.2) is 9.59 Å². The largest absolute Gasteiger partial charge is 0.482 e. The van der Waals surface area contributed by atoms with Gasteiger partial charge in [0.2, 0.25) is 0 Å². The summed E-state index contributed by atoms with van der Waals surface area (Å²) < 4.78 is 16.8. The summed E-state index contributed by atoms with van der Waals surface area (Å²) in [5.74, 6) is 0.749. The zero-order valence-electron chi connectivity index (χ0n) is 18.3. The number of carbonyl (C=O) groups is 2. The standard InChI is InChI=1S/C24H28N2O5/c1-15-10-17(30-13-20(27)29-4)11-19-21(15)18(16-8-6-5-7-9-16)12-24(31-19)14-23(2,3)25-22(28)26-24/h5-11,18H,12-14H2,1-4H3,(H2,25,26,28)/t18-,24+/m1/s1. The summed E-state index contributed by atoms with van der Waals surface area (Å²) in [6, 6.07) is 13.7. The third-order valence-electron chi connectivity index (χ3n) is 5.82. The van der Waals surface area contributed by atoms with Crippen LogP contribution in [0.15, 0.2) is 42.5 Å². The third kappa shape index (κ3) is 4.31. The average molecular weight is 424 g/mol. The van der Waals surface area contributed by atoms with Crippen LogP contribution in [0.3, 0.4) is 0 Å². The van der Waals surface area contributed by atoms with E-state index in [0.29, 0.717) is 24.3 Å². The molecule has 31 heavy (non-hydrogen) atoms. The molecule has 0 bridgehead atoms. The fourth-order valence-electron chi connectivity index (χ4n) is 4.74. The van der Waals surface area contributed by atoms with Crippen LogP contribution in [0.4, 0.5) is 4.79 Å². The van der Waals surface area contributed by atoms with E-state index in [0.717, 1.165) is 16.7 Å². The van der Waals surface area contributed by atoms with Gasteiger partial charge in [-0.3, -0.25) is 0 Å². The summed E-state index contributed by atoms with van der Waals surface area (Å²) in [4.78, 5) is 24.0. The summed E-state index contributed by atoms with van der Waals surface area (Å²) in [7, 11) is 1.32. The first kappa shape index (κ1) is 21.0. The molecule has 2 aliphatic rings. The van der Waals surface area contributed by atoms with Gasteiger partial charge in [-0.05, 0) is 38.0 Å². The van der Waals surface area contributed by atoms with Crippen molar-refractivity contribution in [2.45, 2.75) is 50.8 Å². The molecule has 2 aliphatic heterocycles. The van der Waals surface area contributed by atoms with Crippen molar-refractivity contribution < 1.29 is 23.8 Å². The van der Waals surface area contributed by atoms with Gasteiger partial charge in [0.05, 0.1) is 7.11 Å². The quantitative estimate of drug-likeness (QED) is 0.732. The number of aryl methyl sites for hydroxylation is 1. The highest BCUT2D eigenvalue weighted by molar-refractivity contribution is 5.77. The molecule has 0 aromatic heterocycles. The molecule has 0 unspecified atom stereocenters. The van der Waals surface area contributed by atoms with Gasteiger partial charge in [-0.15, -0.1) is 0 Å². The van der Waals surface area contributed by atoms with Gasteiger partial charge >= 0.3 is 12.0 Å². The average Bonchev–Trinajstić information content (AvgIpc) is 2.70. The minimum atomic E-state index is -0.854. The molecule has 2 aromatic carbocycles.